The number of anilines is 1. The van der Waals surface area contributed by atoms with Crippen molar-refractivity contribution >= 4 is 5.82 Å². The summed E-state index contributed by atoms with van der Waals surface area (Å²) < 4.78 is 0. The fourth-order valence-electron chi connectivity index (χ4n) is 2.36. The Kier molecular flexibility index (Phi) is 6.13. The maximum Gasteiger partial charge on any atom is 0.133 e. The van der Waals surface area contributed by atoms with Crippen molar-refractivity contribution in [1.29, 1.82) is 0 Å². The van der Waals surface area contributed by atoms with E-state index in [-0.39, 0.29) is 0 Å². The van der Waals surface area contributed by atoms with Gasteiger partial charge in [0.2, 0.25) is 0 Å². The Morgan fingerprint density at radius 3 is 2.28 bits per heavy atom. The molecule has 0 aliphatic carbocycles. The lowest BCUT2D eigenvalue weighted by atomic mass is 10.1. The number of rotatable bonds is 7. The third-order valence-electron chi connectivity index (χ3n) is 3.09. The summed E-state index contributed by atoms with van der Waals surface area (Å²) >= 11 is 0. The molecule has 18 heavy (non-hydrogen) atoms. The number of hydrogen-bond donors (Lipinski definition) is 1. The normalized spacial score (nSPS) is 10.7. The molecule has 0 atom stereocenters. The number of aromatic nitrogens is 1. The van der Waals surface area contributed by atoms with Gasteiger partial charge in [0.15, 0.2) is 0 Å². The van der Waals surface area contributed by atoms with Crippen LogP contribution in [0, 0.1) is 13.8 Å². The van der Waals surface area contributed by atoms with Gasteiger partial charge in [0.05, 0.1) is 0 Å². The molecular formula is C15H27N3. The maximum absolute atomic E-state index is 4.78. The standard InChI is InChI=1S/C15H27N3/c1-6-8-18(9-7-2)15-14(11-16-5)12(3)10-13(4)17-15/h10,16H,6-9,11H2,1-5H3. The van der Waals surface area contributed by atoms with Crippen LogP contribution >= 0.6 is 0 Å². The highest BCUT2D eigenvalue weighted by Gasteiger charge is 2.14. The van der Waals surface area contributed by atoms with Crippen LogP contribution in [0.25, 0.3) is 0 Å². The molecule has 3 nitrogen and oxygen atoms in total. The van der Waals surface area contributed by atoms with Gasteiger partial charge < -0.3 is 10.2 Å². The molecular weight excluding hydrogens is 222 g/mol. The Bertz CT molecular complexity index is 368. The highest BCUT2D eigenvalue weighted by atomic mass is 15.2. The summed E-state index contributed by atoms with van der Waals surface area (Å²) in [6, 6.07) is 2.17. The van der Waals surface area contributed by atoms with Crippen LogP contribution in [0.4, 0.5) is 5.82 Å². The number of pyridine rings is 1. The second kappa shape index (κ2) is 7.37. The van der Waals surface area contributed by atoms with Crippen molar-refractivity contribution in [3.8, 4) is 0 Å². The minimum atomic E-state index is 0.887. The Labute approximate surface area is 112 Å². The number of hydrogen-bond acceptors (Lipinski definition) is 3. The summed E-state index contributed by atoms with van der Waals surface area (Å²) in [5.41, 5.74) is 3.79. The molecule has 0 amide bonds. The van der Waals surface area contributed by atoms with E-state index in [1.165, 1.54) is 16.9 Å². The highest BCUT2D eigenvalue weighted by Crippen LogP contribution is 2.23. The monoisotopic (exact) mass is 249 g/mol. The summed E-state index contributed by atoms with van der Waals surface area (Å²) in [7, 11) is 1.99. The first kappa shape index (κ1) is 15.0. The quantitative estimate of drug-likeness (QED) is 0.805. The minimum absolute atomic E-state index is 0.887. The smallest absolute Gasteiger partial charge is 0.133 e. The van der Waals surface area contributed by atoms with Crippen molar-refractivity contribution in [2.75, 3.05) is 25.0 Å². The Hall–Kier alpha value is -1.09. The van der Waals surface area contributed by atoms with Gasteiger partial charge in [-0.15, -0.1) is 0 Å². The van der Waals surface area contributed by atoms with Gasteiger partial charge in [-0.2, -0.15) is 0 Å². The molecule has 0 radical (unpaired) electrons. The topological polar surface area (TPSA) is 28.2 Å². The van der Waals surface area contributed by atoms with Crippen molar-refractivity contribution in [3.63, 3.8) is 0 Å². The molecule has 1 N–H and O–H groups in total. The molecule has 1 rings (SSSR count). The van der Waals surface area contributed by atoms with E-state index in [9.17, 15) is 0 Å². The fourth-order valence-corrected chi connectivity index (χ4v) is 2.36. The van der Waals surface area contributed by atoms with Crippen LogP contribution in [0.3, 0.4) is 0 Å². The minimum Gasteiger partial charge on any atom is -0.356 e. The molecule has 0 bridgehead atoms. The second-order valence-electron chi connectivity index (χ2n) is 4.90. The predicted octanol–water partition coefficient (Wildman–Crippen LogP) is 3.04. The highest BCUT2D eigenvalue weighted by molar-refractivity contribution is 5.51. The molecule has 1 aromatic rings. The molecule has 0 aliphatic rings. The number of aryl methyl sites for hydroxylation is 2. The summed E-state index contributed by atoms with van der Waals surface area (Å²) in [5, 5.41) is 3.26. The van der Waals surface area contributed by atoms with E-state index in [0.717, 1.165) is 38.2 Å². The zero-order chi connectivity index (χ0) is 13.5. The van der Waals surface area contributed by atoms with Gasteiger partial charge in [-0.1, -0.05) is 13.8 Å². The van der Waals surface area contributed by atoms with Crippen molar-refractivity contribution < 1.29 is 0 Å². The molecule has 0 saturated heterocycles. The third-order valence-corrected chi connectivity index (χ3v) is 3.09. The maximum atomic E-state index is 4.78. The van der Waals surface area contributed by atoms with Gasteiger partial charge in [0, 0.05) is 30.9 Å². The van der Waals surface area contributed by atoms with Crippen LogP contribution in [0.15, 0.2) is 6.07 Å². The van der Waals surface area contributed by atoms with E-state index >= 15 is 0 Å². The molecule has 102 valence electrons. The first-order valence-electron chi connectivity index (χ1n) is 7.00. The lowest BCUT2D eigenvalue weighted by molar-refractivity contribution is 0.715. The molecule has 0 saturated carbocycles. The van der Waals surface area contributed by atoms with Gasteiger partial charge in [-0.3, -0.25) is 0 Å². The SMILES string of the molecule is CCCN(CCC)c1nc(C)cc(C)c1CNC. The van der Waals surface area contributed by atoms with Crippen molar-refractivity contribution in [2.24, 2.45) is 0 Å². The van der Waals surface area contributed by atoms with Crippen LogP contribution in [-0.2, 0) is 6.54 Å². The molecule has 0 aliphatic heterocycles. The third kappa shape index (κ3) is 3.70. The lowest BCUT2D eigenvalue weighted by Gasteiger charge is -2.26. The number of nitrogens with one attached hydrogen (secondary N) is 1. The zero-order valence-corrected chi connectivity index (χ0v) is 12.5. The molecule has 0 spiro atoms. The first-order chi connectivity index (χ1) is 8.63. The van der Waals surface area contributed by atoms with Crippen molar-refractivity contribution in [1.82, 2.24) is 10.3 Å². The van der Waals surface area contributed by atoms with Crippen molar-refractivity contribution in [3.05, 3.63) is 22.9 Å². The van der Waals surface area contributed by atoms with Gasteiger partial charge >= 0.3 is 0 Å². The van der Waals surface area contributed by atoms with Crippen LogP contribution in [-0.4, -0.2) is 25.1 Å². The van der Waals surface area contributed by atoms with Crippen LogP contribution in [0.1, 0.15) is 43.5 Å². The summed E-state index contributed by atoms with van der Waals surface area (Å²) in [5.74, 6) is 1.17. The van der Waals surface area contributed by atoms with Crippen LogP contribution in [0.5, 0.6) is 0 Å². The molecule has 0 unspecified atom stereocenters. The lowest BCUT2D eigenvalue weighted by Crippen LogP contribution is -2.28. The molecule has 1 aromatic heterocycles. The van der Waals surface area contributed by atoms with E-state index in [1.807, 2.05) is 7.05 Å². The van der Waals surface area contributed by atoms with E-state index in [0.29, 0.717) is 0 Å². The molecule has 0 aromatic carbocycles. The average Bonchev–Trinajstić information content (AvgIpc) is 2.32. The van der Waals surface area contributed by atoms with Gasteiger partial charge in [0.1, 0.15) is 5.82 Å². The van der Waals surface area contributed by atoms with E-state index in [4.69, 9.17) is 4.98 Å². The Morgan fingerprint density at radius 2 is 1.78 bits per heavy atom. The Morgan fingerprint density at radius 1 is 1.17 bits per heavy atom. The molecule has 3 heteroatoms. The zero-order valence-electron chi connectivity index (χ0n) is 12.5. The van der Waals surface area contributed by atoms with E-state index in [1.54, 1.807) is 0 Å². The number of nitrogens with zero attached hydrogens (tertiary/aromatic N) is 2. The van der Waals surface area contributed by atoms with Gasteiger partial charge in [-0.05, 0) is 45.4 Å². The average molecular weight is 249 g/mol. The van der Waals surface area contributed by atoms with E-state index < -0.39 is 0 Å². The molecule has 0 fully saturated rings. The fraction of sp³-hybridized carbons (Fsp3) is 0.667. The first-order valence-corrected chi connectivity index (χ1v) is 7.00. The predicted molar refractivity (Wildman–Crippen MR) is 79.3 cm³/mol. The largest absolute Gasteiger partial charge is 0.356 e. The molecule has 1 heterocycles. The van der Waals surface area contributed by atoms with Gasteiger partial charge in [-0.25, -0.2) is 4.98 Å². The Balaban J connectivity index is 3.16. The summed E-state index contributed by atoms with van der Waals surface area (Å²) in [4.78, 5) is 7.20. The van der Waals surface area contributed by atoms with Gasteiger partial charge in [0.25, 0.3) is 0 Å². The van der Waals surface area contributed by atoms with Crippen LogP contribution < -0.4 is 10.2 Å². The van der Waals surface area contributed by atoms with E-state index in [2.05, 4.69) is 44.0 Å². The van der Waals surface area contributed by atoms with Crippen molar-refractivity contribution in [2.45, 2.75) is 47.1 Å². The second-order valence-corrected chi connectivity index (χ2v) is 4.90. The summed E-state index contributed by atoms with van der Waals surface area (Å²) in [6.45, 7) is 11.8. The summed E-state index contributed by atoms with van der Waals surface area (Å²) in [6.07, 6.45) is 2.32. The van der Waals surface area contributed by atoms with Crippen LogP contribution in [0.2, 0.25) is 0 Å².